The number of rotatable bonds is 4. The van der Waals surface area contributed by atoms with Gasteiger partial charge < -0.3 is 5.32 Å². The molecule has 0 aromatic heterocycles. The number of hydrogen-bond donors (Lipinski definition) is 1. The molecule has 0 saturated carbocycles. The van der Waals surface area contributed by atoms with Gasteiger partial charge in [-0.2, -0.15) is 0 Å². The summed E-state index contributed by atoms with van der Waals surface area (Å²) in [5.41, 5.74) is 0.409. The van der Waals surface area contributed by atoms with E-state index in [9.17, 15) is 23.3 Å². The molecule has 108 valence electrons. The second-order valence-electron chi connectivity index (χ2n) is 4.83. The lowest BCUT2D eigenvalue weighted by Gasteiger charge is -2.08. The molecule has 1 aromatic carbocycles. The molecule has 1 saturated heterocycles. The van der Waals surface area contributed by atoms with Crippen LogP contribution in [0.3, 0.4) is 0 Å². The molecule has 1 fully saturated rings. The molecule has 1 N–H and O–H groups in total. The number of sulfone groups is 1. The van der Waals surface area contributed by atoms with E-state index in [-0.39, 0.29) is 35.4 Å². The molecule has 1 amide bonds. The molecule has 0 unspecified atom stereocenters. The fourth-order valence-electron chi connectivity index (χ4n) is 2.17. The lowest BCUT2D eigenvalue weighted by atomic mass is 10.1. The highest BCUT2D eigenvalue weighted by atomic mass is 32.2. The van der Waals surface area contributed by atoms with Crippen LogP contribution in [0, 0.1) is 16.0 Å². The summed E-state index contributed by atoms with van der Waals surface area (Å²) in [7, 11) is -2.98. The minimum Gasteiger partial charge on any atom is -0.326 e. The van der Waals surface area contributed by atoms with Gasteiger partial charge in [-0.25, -0.2) is 8.42 Å². The summed E-state index contributed by atoms with van der Waals surface area (Å²) in [6.07, 6.45) is 0.659. The number of non-ortho nitro benzene ring substituents is 1. The fourth-order valence-corrected chi connectivity index (χ4v) is 4.04. The van der Waals surface area contributed by atoms with Crippen molar-refractivity contribution >= 4 is 27.1 Å². The highest BCUT2D eigenvalue weighted by Gasteiger charge is 2.29. The SMILES string of the molecule is O=C(C[C@H]1CCS(=O)(=O)C1)Nc1ccc([N+](=O)[O-])cc1. The monoisotopic (exact) mass is 298 g/mol. The number of nitro groups is 1. The predicted molar refractivity (Wildman–Crippen MR) is 73.1 cm³/mol. The molecule has 1 atom stereocenters. The lowest BCUT2D eigenvalue weighted by Crippen LogP contribution is -2.17. The molecule has 8 heteroatoms. The van der Waals surface area contributed by atoms with Gasteiger partial charge >= 0.3 is 0 Å². The van der Waals surface area contributed by atoms with Crippen molar-refractivity contribution in [2.24, 2.45) is 5.92 Å². The lowest BCUT2D eigenvalue weighted by molar-refractivity contribution is -0.384. The zero-order chi connectivity index (χ0) is 14.8. The van der Waals surface area contributed by atoms with Crippen molar-refractivity contribution in [1.82, 2.24) is 0 Å². The molecule has 1 aliphatic rings. The van der Waals surface area contributed by atoms with E-state index in [1.165, 1.54) is 24.3 Å². The van der Waals surface area contributed by atoms with Gasteiger partial charge in [0.1, 0.15) is 0 Å². The first-order valence-corrected chi connectivity index (χ1v) is 7.92. The van der Waals surface area contributed by atoms with E-state index in [1.807, 2.05) is 0 Å². The third kappa shape index (κ3) is 3.77. The molecule has 20 heavy (non-hydrogen) atoms. The average molecular weight is 298 g/mol. The maximum atomic E-state index is 11.8. The van der Waals surface area contributed by atoms with E-state index in [0.717, 1.165) is 0 Å². The summed E-state index contributed by atoms with van der Waals surface area (Å²) in [6.45, 7) is 0. The molecule has 7 nitrogen and oxygen atoms in total. The predicted octanol–water partition coefficient (Wildman–Crippen LogP) is 1.36. The Morgan fingerprint density at radius 1 is 1.35 bits per heavy atom. The summed E-state index contributed by atoms with van der Waals surface area (Å²) < 4.78 is 22.6. The number of nitrogens with one attached hydrogen (secondary N) is 1. The number of nitro benzene ring substituents is 1. The van der Waals surface area contributed by atoms with Gasteiger partial charge in [-0.3, -0.25) is 14.9 Å². The Morgan fingerprint density at radius 2 is 2.00 bits per heavy atom. The van der Waals surface area contributed by atoms with Crippen molar-refractivity contribution in [2.75, 3.05) is 16.8 Å². The van der Waals surface area contributed by atoms with Gasteiger partial charge in [-0.1, -0.05) is 0 Å². The zero-order valence-corrected chi connectivity index (χ0v) is 11.4. The van der Waals surface area contributed by atoms with E-state index < -0.39 is 14.8 Å². The summed E-state index contributed by atoms with van der Waals surface area (Å²) >= 11 is 0. The molecule has 1 aliphatic heterocycles. The van der Waals surface area contributed by atoms with Gasteiger partial charge in [-0.05, 0) is 24.5 Å². The van der Waals surface area contributed by atoms with Crippen LogP contribution in [-0.4, -0.2) is 30.8 Å². The van der Waals surface area contributed by atoms with Crippen LogP contribution in [0.1, 0.15) is 12.8 Å². The second kappa shape index (κ2) is 5.58. The normalized spacial score (nSPS) is 20.5. The summed E-state index contributed by atoms with van der Waals surface area (Å²) in [5.74, 6) is -0.220. The number of carbonyl (C=O) groups is 1. The Labute approximate surface area is 116 Å². The molecule has 2 rings (SSSR count). The Bertz CT molecular complexity index is 624. The van der Waals surface area contributed by atoms with E-state index in [4.69, 9.17) is 0 Å². The third-order valence-electron chi connectivity index (χ3n) is 3.16. The minimum absolute atomic E-state index is 0.0510. The van der Waals surface area contributed by atoms with Crippen LogP contribution >= 0.6 is 0 Å². The quantitative estimate of drug-likeness (QED) is 0.667. The van der Waals surface area contributed by atoms with Gasteiger partial charge in [0.2, 0.25) is 5.91 Å². The van der Waals surface area contributed by atoms with Crippen LogP contribution in [0.25, 0.3) is 0 Å². The number of carbonyl (C=O) groups excluding carboxylic acids is 1. The molecular weight excluding hydrogens is 284 g/mol. The van der Waals surface area contributed by atoms with E-state index in [2.05, 4.69) is 5.32 Å². The molecule has 0 radical (unpaired) electrons. The zero-order valence-electron chi connectivity index (χ0n) is 10.6. The maximum absolute atomic E-state index is 11.8. The van der Waals surface area contributed by atoms with Crippen LogP contribution in [0.15, 0.2) is 24.3 Å². The highest BCUT2D eigenvalue weighted by Crippen LogP contribution is 2.22. The number of hydrogen-bond acceptors (Lipinski definition) is 5. The van der Waals surface area contributed by atoms with Crippen LogP contribution in [0.4, 0.5) is 11.4 Å². The third-order valence-corrected chi connectivity index (χ3v) is 5.00. The highest BCUT2D eigenvalue weighted by molar-refractivity contribution is 7.91. The van der Waals surface area contributed by atoms with Gasteiger partial charge in [-0.15, -0.1) is 0 Å². The van der Waals surface area contributed by atoms with Crippen LogP contribution in [-0.2, 0) is 14.6 Å². The van der Waals surface area contributed by atoms with Crippen LogP contribution in [0.5, 0.6) is 0 Å². The average Bonchev–Trinajstić information content (AvgIpc) is 2.69. The van der Waals surface area contributed by atoms with Crippen LogP contribution in [0.2, 0.25) is 0 Å². The van der Waals surface area contributed by atoms with E-state index >= 15 is 0 Å². The van der Waals surface area contributed by atoms with Crippen molar-refractivity contribution in [2.45, 2.75) is 12.8 Å². The topological polar surface area (TPSA) is 106 Å². The van der Waals surface area contributed by atoms with Crippen molar-refractivity contribution < 1.29 is 18.1 Å². The van der Waals surface area contributed by atoms with Crippen molar-refractivity contribution in [3.05, 3.63) is 34.4 Å². The van der Waals surface area contributed by atoms with Gasteiger partial charge in [0.25, 0.3) is 5.69 Å². The first kappa shape index (κ1) is 14.4. The Kier molecular flexibility index (Phi) is 4.03. The molecule has 0 spiro atoms. The minimum atomic E-state index is -2.98. The first-order valence-electron chi connectivity index (χ1n) is 6.10. The largest absolute Gasteiger partial charge is 0.326 e. The van der Waals surface area contributed by atoms with Crippen molar-refractivity contribution in [3.63, 3.8) is 0 Å². The Morgan fingerprint density at radius 3 is 2.50 bits per heavy atom. The molecular formula is C12H14N2O5S. The van der Waals surface area contributed by atoms with Crippen molar-refractivity contribution in [1.29, 1.82) is 0 Å². The number of nitrogens with zero attached hydrogens (tertiary/aromatic N) is 1. The Hall–Kier alpha value is -1.96. The second-order valence-corrected chi connectivity index (χ2v) is 7.05. The molecule has 1 heterocycles. The number of anilines is 1. The van der Waals surface area contributed by atoms with E-state index in [1.54, 1.807) is 0 Å². The smallest absolute Gasteiger partial charge is 0.269 e. The molecule has 0 bridgehead atoms. The summed E-state index contributed by atoms with van der Waals surface area (Å²) in [6, 6.07) is 5.49. The molecule has 1 aromatic rings. The number of amides is 1. The summed E-state index contributed by atoms with van der Waals surface area (Å²) in [5, 5.41) is 13.1. The summed E-state index contributed by atoms with van der Waals surface area (Å²) in [4.78, 5) is 21.7. The molecule has 0 aliphatic carbocycles. The fraction of sp³-hybridized carbons (Fsp3) is 0.417. The van der Waals surface area contributed by atoms with Gasteiger partial charge in [0.15, 0.2) is 9.84 Å². The van der Waals surface area contributed by atoms with E-state index in [0.29, 0.717) is 12.1 Å². The van der Waals surface area contributed by atoms with Crippen LogP contribution < -0.4 is 5.32 Å². The number of benzene rings is 1. The first-order chi connectivity index (χ1) is 9.35. The standard InChI is InChI=1S/C12H14N2O5S/c15-12(7-9-5-6-20(18,19)8-9)13-10-1-3-11(4-2-10)14(16)17/h1-4,9H,5-8H2,(H,13,15)/t9-/m1/s1. The van der Waals surface area contributed by atoms with Gasteiger partial charge in [0.05, 0.1) is 16.4 Å². The van der Waals surface area contributed by atoms with Crippen molar-refractivity contribution in [3.8, 4) is 0 Å². The maximum Gasteiger partial charge on any atom is 0.269 e. The van der Waals surface area contributed by atoms with Gasteiger partial charge in [0, 0.05) is 24.2 Å². The Balaban J connectivity index is 1.90.